The molecule has 4 nitrogen and oxygen atoms in total. The van der Waals surface area contributed by atoms with E-state index in [1.807, 2.05) is 0 Å². The number of rotatable bonds is 0. The van der Waals surface area contributed by atoms with Gasteiger partial charge in [0.2, 0.25) is 0 Å². The van der Waals surface area contributed by atoms with E-state index in [9.17, 15) is 0 Å². The van der Waals surface area contributed by atoms with Crippen molar-refractivity contribution in [2.45, 2.75) is 0 Å². The van der Waals surface area contributed by atoms with E-state index in [-0.39, 0.29) is 40.2 Å². The molecule has 0 unspecified atom stereocenters. The second-order valence-corrected chi connectivity index (χ2v) is 1.34. The Labute approximate surface area is 68.0 Å². The van der Waals surface area contributed by atoms with E-state index in [0.29, 0.717) is 0 Å². The van der Waals surface area contributed by atoms with Crippen LogP contribution in [0.25, 0.3) is 0 Å². The van der Waals surface area contributed by atoms with Gasteiger partial charge in [0.15, 0.2) is 0 Å². The van der Waals surface area contributed by atoms with Crippen molar-refractivity contribution >= 4 is 10.4 Å². The molecular weight excluding hydrogens is 292 g/mol. The molecule has 0 aromatic rings. The molecule has 0 atom stereocenters. The van der Waals surface area contributed by atoms with Crippen LogP contribution in [0.2, 0.25) is 0 Å². The quantitative estimate of drug-likeness (QED) is 0.582. The predicted octanol–water partition coefficient (Wildman–Crippen LogP) is -0.658. The molecule has 0 amide bonds. The second-order valence-electron chi connectivity index (χ2n) is 0.448. The van der Waals surface area contributed by atoms with Gasteiger partial charge in [0.1, 0.15) is 0 Å². The molecule has 0 aliphatic rings. The summed E-state index contributed by atoms with van der Waals surface area (Å²) in [5.41, 5.74) is 0. The summed E-state index contributed by atoms with van der Waals surface area (Å²) in [6, 6.07) is 0. The molecule has 2 N–H and O–H groups in total. The topological polar surface area (TPSA) is 74.6 Å². The van der Waals surface area contributed by atoms with Gasteiger partial charge in [-0.15, -0.1) is 0 Å². The molecule has 0 spiro atoms. The molecule has 46 valence electrons. The fraction of sp³-hybridized carbons (Fsp3) is 0. The summed E-state index contributed by atoms with van der Waals surface area (Å²) in [5.74, 6) is 0. The zero-order chi connectivity index (χ0) is 4.50. The first-order chi connectivity index (χ1) is 2.00. The van der Waals surface area contributed by atoms with Crippen molar-refractivity contribution in [3.05, 3.63) is 0 Å². The van der Waals surface area contributed by atoms with E-state index in [4.69, 9.17) is 17.5 Å². The van der Waals surface area contributed by atoms with Gasteiger partial charge in [-0.3, -0.25) is 9.11 Å². The first kappa shape index (κ1) is 15.7. The van der Waals surface area contributed by atoms with Crippen LogP contribution in [0, 0.1) is 0 Å². The van der Waals surface area contributed by atoms with E-state index in [1.165, 1.54) is 0 Å². The Morgan fingerprint density at radius 3 is 1.00 bits per heavy atom. The molecule has 0 saturated heterocycles. The SMILES string of the molecule is O=S(=O)(O)O.[Tc].[Tc]. The van der Waals surface area contributed by atoms with Crippen LogP contribution in [0.5, 0.6) is 0 Å². The van der Waals surface area contributed by atoms with Crippen LogP contribution in [0.15, 0.2) is 0 Å². The number of hydrogen-bond acceptors (Lipinski definition) is 2. The largest absolute Gasteiger partial charge is 0.394 e. The van der Waals surface area contributed by atoms with Gasteiger partial charge in [-0.1, -0.05) is 0 Å². The maximum absolute atomic E-state index is 8.74. The fourth-order valence-electron chi connectivity index (χ4n) is 0. The molecule has 0 heterocycles. The van der Waals surface area contributed by atoms with E-state index in [1.54, 1.807) is 0 Å². The Morgan fingerprint density at radius 1 is 1.00 bits per heavy atom. The standard InChI is InChI=1S/H2O4S.2Tc/c1-5(2,3)4;;/h(H2,1,2,3,4);;. The monoisotopic (exact) mass is 292 g/mol. The molecule has 0 aliphatic heterocycles. The van der Waals surface area contributed by atoms with Gasteiger partial charge in [0.25, 0.3) is 0 Å². The van der Waals surface area contributed by atoms with Crippen molar-refractivity contribution in [1.82, 2.24) is 0 Å². The van der Waals surface area contributed by atoms with E-state index >= 15 is 0 Å². The molecule has 7 heteroatoms. The second kappa shape index (κ2) is 5.31. The maximum Gasteiger partial charge on any atom is 0.394 e. The molecule has 0 aromatic carbocycles. The van der Waals surface area contributed by atoms with Gasteiger partial charge in [0.05, 0.1) is 0 Å². The van der Waals surface area contributed by atoms with Crippen LogP contribution < -0.4 is 0 Å². The minimum Gasteiger partial charge on any atom is -0.264 e. The van der Waals surface area contributed by atoms with Crippen LogP contribution in [0.4, 0.5) is 0 Å². The Hall–Kier alpha value is 1.17. The van der Waals surface area contributed by atoms with Gasteiger partial charge >= 0.3 is 10.4 Å². The van der Waals surface area contributed by atoms with Crippen LogP contribution in [0.1, 0.15) is 0 Å². The van der Waals surface area contributed by atoms with Crippen molar-refractivity contribution in [2.24, 2.45) is 0 Å². The molecule has 0 aromatic heterocycles. The third-order valence-electron chi connectivity index (χ3n) is 0. The van der Waals surface area contributed by atoms with E-state index in [0.717, 1.165) is 0 Å². The Morgan fingerprint density at radius 2 is 1.00 bits per heavy atom. The van der Waals surface area contributed by atoms with Gasteiger partial charge in [-0.2, -0.15) is 8.42 Å². The first-order valence-electron chi connectivity index (χ1n) is 0.698. The predicted molar refractivity (Wildman–Crippen MR) is 14.2 cm³/mol. The Bertz CT molecular complexity index is 92.9. The summed E-state index contributed by atoms with van der Waals surface area (Å²) in [5, 5.41) is 0. The van der Waals surface area contributed by atoms with Crippen molar-refractivity contribution in [1.29, 1.82) is 0 Å². The molecule has 0 bridgehead atoms. The minimum absolute atomic E-state index is 0. The third kappa shape index (κ3) is 140. The van der Waals surface area contributed by atoms with Crippen molar-refractivity contribution in [2.75, 3.05) is 0 Å². The van der Waals surface area contributed by atoms with Crippen molar-refractivity contribution in [3.8, 4) is 0 Å². The Kier molecular flexibility index (Phi) is 11.9. The molecular formula is H2O4STc2. The van der Waals surface area contributed by atoms with Crippen LogP contribution in [0.3, 0.4) is 0 Å². The van der Waals surface area contributed by atoms with Crippen LogP contribution in [-0.4, -0.2) is 17.5 Å². The molecule has 2 radical (unpaired) electrons. The zero-order valence-corrected chi connectivity index (χ0v) is 7.41. The first-order valence-corrected chi connectivity index (χ1v) is 2.10. The summed E-state index contributed by atoms with van der Waals surface area (Å²) >= 11 is 0. The van der Waals surface area contributed by atoms with Gasteiger partial charge < -0.3 is 0 Å². The van der Waals surface area contributed by atoms with Gasteiger partial charge in [-0.05, 0) is 0 Å². The van der Waals surface area contributed by atoms with Gasteiger partial charge in [0, 0.05) is 40.2 Å². The number of hydrogen-bond donors (Lipinski definition) is 2. The normalized spacial score (nSPS) is 8.29. The smallest absolute Gasteiger partial charge is 0.264 e. The summed E-state index contributed by atoms with van der Waals surface area (Å²) in [4.78, 5) is 0. The summed E-state index contributed by atoms with van der Waals surface area (Å²) in [7, 11) is -4.67. The molecule has 7 heavy (non-hydrogen) atoms. The summed E-state index contributed by atoms with van der Waals surface area (Å²) < 4.78 is 31.6. The summed E-state index contributed by atoms with van der Waals surface area (Å²) in [6.45, 7) is 0. The van der Waals surface area contributed by atoms with Crippen LogP contribution >= 0.6 is 0 Å². The maximum atomic E-state index is 8.74. The van der Waals surface area contributed by atoms with Crippen molar-refractivity contribution < 1.29 is 57.7 Å². The third-order valence-corrected chi connectivity index (χ3v) is 0. The Balaban J connectivity index is -0.0000000800. The average molecular weight is 294 g/mol. The van der Waals surface area contributed by atoms with Gasteiger partial charge in [-0.25, -0.2) is 0 Å². The summed E-state index contributed by atoms with van der Waals surface area (Å²) in [6.07, 6.45) is 0. The minimum atomic E-state index is -4.67. The van der Waals surface area contributed by atoms with Crippen LogP contribution in [-0.2, 0) is 50.6 Å². The average Bonchev–Trinajstić information content (AvgIpc) is 0.722. The molecule has 0 aliphatic carbocycles. The zero-order valence-electron chi connectivity index (χ0n) is 2.88. The fourth-order valence-corrected chi connectivity index (χ4v) is 0. The van der Waals surface area contributed by atoms with E-state index < -0.39 is 10.4 Å². The molecule has 0 saturated carbocycles. The molecule has 0 fully saturated rings. The van der Waals surface area contributed by atoms with Crippen molar-refractivity contribution in [3.63, 3.8) is 0 Å². The molecule has 0 rings (SSSR count). The van der Waals surface area contributed by atoms with E-state index in [2.05, 4.69) is 0 Å².